The third-order valence-electron chi connectivity index (χ3n) is 3.26. The molecule has 1 aromatic rings. The summed E-state index contributed by atoms with van der Waals surface area (Å²) in [7, 11) is 0. The molecule has 3 nitrogen and oxygen atoms in total. The molecule has 1 aromatic carbocycles. The molecule has 0 spiro atoms. The maximum Gasteiger partial charge on any atom is 0.251 e. The summed E-state index contributed by atoms with van der Waals surface area (Å²) < 4.78 is 13.3. The summed E-state index contributed by atoms with van der Waals surface area (Å²) in [5.74, 6) is -0.828. The molecule has 1 aliphatic heterocycles. The van der Waals surface area contributed by atoms with E-state index in [-0.39, 0.29) is 23.0 Å². The van der Waals surface area contributed by atoms with Gasteiger partial charge in [0.25, 0.3) is 5.91 Å². The molecule has 2 atom stereocenters. The lowest BCUT2D eigenvalue weighted by atomic mass is 9.99. The van der Waals surface area contributed by atoms with E-state index in [0.717, 1.165) is 19.4 Å². The largest absolute Gasteiger partial charge is 0.348 e. The number of rotatable bonds is 2. The minimum atomic E-state index is -0.570. The van der Waals surface area contributed by atoms with Gasteiger partial charge in [0, 0.05) is 17.6 Å². The minimum Gasteiger partial charge on any atom is -0.348 e. The van der Waals surface area contributed by atoms with Gasteiger partial charge in [0.1, 0.15) is 5.82 Å². The Morgan fingerprint density at radius 3 is 3.00 bits per heavy atom. The van der Waals surface area contributed by atoms with Gasteiger partial charge in [-0.05, 0) is 44.5 Å². The predicted octanol–water partition coefficient (Wildman–Crippen LogP) is 2.35. The molecule has 5 heteroatoms. The molecule has 0 saturated carbocycles. The smallest absolute Gasteiger partial charge is 0.251 e. The second kappa shape index (κ2) is 5.67. The van der Waals surface area contributed by atoms with Crippen LogP contribution in [-0.2, 0) is 0 Å². The summed E-state index contributed by atoms with van der Waals surface area (Å²) in [4.78, 5) is 12.0. The molecule has 2 N–H and O–H groups in total. The van der Waals surface area contributed by atoms with Gasteiger partial charge in [-0.1, -0.05) is 11.6 Å². The first kappa shape index (κ1) is 13.3. The highest BCUT2D eigenvalue weighted by Gasteiger charge is 2.23. The maximum atomic E-state index is 13.3. The van der Waals surface area contributed by atoms with Crippen LogP contribution in [0.25, 0.3) is 0 Å². The second-order valence-corrected chi connectivity index (χ2v) is 5.00. The Labute approximate surface area is 111 Å². The maximum absolute atomic E-state index is 13.3. The Bertz CT molecular complexity index is 453. The summed E-state index contributed by atoms with van der Waals surface area (Å²) in [6.45, 7) is 3.01. The highest BCUT2D eigenvalue weighted by atomic mass is 35.5. The van der Waals surface area contributed by atoms with Crippen molar-refractivity contribution >= 4 is 17.5 Å². The predicted molar refractivity (Wildman–Crippen MR) is 69.4 cm³/mol. The van der Waals surface area contributed by atoms with Crippen molar-refractivity contribution in [2.75, 3.05) is 6.54 Å². The van der Waals surface area contributed by atoms with Gasteiger partial charge >= 0.3 is 0 Å². The quantitative estimate of drug-likeness (QED) is 0.866. The van der Waals surface area contributed by atoms with Crippen LogP contribution in [0.15, 0.2) is 18.2 Å². The summed E-state index contributed by atoms with van der Waals surface area (Å²) >= 11 is 5.58. The lowest BCUT2D eigenvalue weighted by Gasteiger charge is -2.30. The van der Waals surface area contributed by atoms with Gasteiger partial charge in [0.15, 0.2) is 0 Å². The number of carbonyl (C=O) groups is 1. The van der Waals surface area contributed by atoms with E-state index in [1.54, 1.807) is 0 Å². The lowest BCUT2D eigenvalue weighted by molar-refractivity contribution is 0.0919. The first-order valence-electron chi connectivity index (χ1n) is 6.07. The van der Waals surface area contributed by atoms with Gasteiger partial charge in [-0.2, -0.15) is 0 Å². The Morgan fingerprint density at radius 1 is 1.56 bits per heavy atom. The van der Waals surface area contributed by atoms with E-state index < -0.39 is 5.82 Å². The number of amides is 1. The topological polar surface area (TPSA) is 41.1 Å². The van der Waals surface area contributed by atoms with E-state index in [1.165, 1.54) is 18.2 Å². The molecular weight excluding hydrogens is 255 g/mol. The number of halogens is 2. The van der Waals surface area contributed by atoms with Crippen molar-refractivity contribution in [3.05, 3.63) is 34.6 Å². The zero-order valence-electron chi connectivity index (χ0n) is 10.2. The number of hydrogen-bond acceptors (Lipinski definition) is 2. The number of benzene rings is 1. The average molecular weight is 271 g/mol. The minimum absolute atomic E-state index is 0.0271. The summed E-state index contributed by atoms with van der Waals surface area (Å²) in [5.41, 5.74) is 0.301. The molecular formula is C13H16ClFN2O. The molecule has 0 aliphatic carbocycles. The van der Waals surface area contributed by atoms with Crippen molar-refractivity contribution in [1.82, 2.24) is 10.6 Å². The normalized spacial score (nSPS) is 23.7. The summed E-state index contributed by atoms with van der Waals surface area (Å²) in [6.07, 6.45) is 1.97. The van der Waals surface area contributed by atoms with Gasteiger partial charge in [0.2, 0.25) is 0 Å². The zero-order valence-corrected chi connectivity index (χ0v) is 10.9. The summed E-state index contributed by atoms with van der Waals surface area (Å²) in [5, 5.41) is 6.25. The first-order chi connectivity index (χ1) is 8.58. The molecule has 18 heavy (non-hydrogen) atoms. The van der Waals surface area contributed by atoms with E-state index in [1.807, 2.05) is 6.92 Å². The highest BCUT2D eigenvalue weighted by molar-refractivity contribution is 6.30. The lowest BCUT2D eigenvalue weighted by Crippen LogP contribution is -2.51. The summed E-state index contributed by atoms with van der Waals surface area (Å²) in [6, 6.07) is 4.42. The van der Waals surface area contributed by atoms with Crippen molar-refractivity contribution in [1.29, 1.82) is 0 Å². The van der Waals surface area contributed by atoms with E-state index >= 15 is 0 Å². The van der Waals surface area contributed by atoms with Crippen LogP contribution in [0.2, 0.25) is 5.02 Å². The van der Waals surface area contributed by atoms with Crippen LogP contribution in [0, 0.1) is 5.82 Å². The standard InChI is InChI=1S/C13H16ClFN2O/c1-8-12(3-2-6-16-8)17-13(18)9-4-5-10(14)11(15)7-9/h4-5,7-8,12,16H,2-3,6H2,1H3,(H,17,18). The van der Waals surface area contributed by atoms with Crippen LogP contribution in [0.3, 0.4) is 0 Å². The SMILES string of the molecule is CC1NCCCC1NC(=O)c1ccc(Cl)c(F)c1. The third-order valence-corrected chi connectivity index (χ3v) is 3.57. The molecule has 1 saturated heterocycles. The monoisotopic (exact) mass is 270 g/mol. The number of carbonyl (C=O) groups excluding carboxylic acids is 1. The fourth-order valence-electron chi connectivity index (χ4n) is 2.13. The fraction of sp³-hybridized carbons (Fsp3) is 0.462. The van der Waals surface area contributed by atoms with Gasteiger partial charge in [-0.15, -0.1) is 0 Å². The van der Waals surface area contributed by atoms with Crippen LogP contribution in [0.5, 0.6) is 0 Å². The van der Waals surface area contributed by atoms with Gasteiger partial charge in [-0.25, -0.2) is 4.39 Å². The molecule has 1 aliphatic rings. The van der Waals surface area contributed by atoms with Crippen molar-refractivity contribution in [2.45, 2.75) is 31.8 Å². The number of nitrogens with one attached hydrogen (secondary N) is 2. The van der Waals surface area contributed by atoms with E-state index in [4.69, 9.17) is 11.6 Å². The molecule has 2 unspecified atom stereocenters. The Morgan fingerprint density at radius 2 is 2.33 bits per heavy atom. The fourth-order valence-corrected chi connectivity index (χ4v) is 2.25. The van der Waals surface area contributed by atoms with Crippen LogP contribution in [0.4, 0.5) is 4.39 Å². The molecule has 0 radical (unpaired) electrons. The highest BCUT2D eigenvalue weighted by Crippen LogP contribution is 2.16. The second-order valence-electron chi connectivity index (χ2n) is 4.59. The van der Waals surface area contributed by atoms with E-state index in [0.29, 0.717) is 5.56 Å². The van der Waals surface area contributed by atoms with Crippen molar-refractivity contribution < 1.29 is 9.18 Å². The average Bonchev–Trinajstić information content (AvgIpc) is 2.35. The van der Waals surface area contributed by atoms with Gasteiger partial charge in [0.05, 0.1) is 5.02 Å². The van der Waals surface area contributed by atoms with Gasteiger partial charge in [-0.3, -0.25) is 4.79 Å². The van der Waals surface area contributed by atoms with Gasteiger partial charge < -0.3 is 10.6 Å². The first-order valence-corrected chi connectivity index (χ1v) is 6.45. The third kappa shape index (κ3) is 3.00. The van der Waals surface area contributed by atoms with E-state index in [9.17, 15) is 9.18 Å². The molecule has 1 heterocycles. The van der Waals surface area contributed by atoms with Crippen LogP contribution < -0.4 is 10.6 Å². The van der Waals surface area contributed by atoms with Crippen LogP contribution >= 0.6 is 11.6 Å². The molecule has 98 valence electrons. The van der Waals surface area contributed by atoms with Crippen LogP contribution in [0.1, 0.15) is 30.1 Å². The zero-order chi connectivity index (χ0) is 13.1. The molecule has 1 amide bonds. The van der Waals surface area contributed by atoms with Crippen molar-refractivity contribution in [3.8, 4) is 0 Å². The molecule has 0 aromatic heterocycles. The number of hydrogen-bond donors (Lipinski definition) is 2. The van der Waals surface area contributed by atoms with E-state index in [2.05, 4.69) is 10.6 Å². The molecule has 1 fully saturated rings. The molecule has 0 bridgehead atoms. The van der Waals surface area contributed by atoms with Crippen molar-refractivity contribution in [3.63, 3.8) is 0 Å². The van der Waals surface area contributed by atoms with Crippen molar-refractivity contribution in [2.24, 2.45) is 0 Å². The van der Waals surface area contributed by atoms with Crippen LogP contribution in [-0.4, -0.2) is 24.5 Å². The Kier molecular flexibility index (Phi) is 4.19. The Hall–Kier alpha value is -1.13. The Balaban J connectivity index is 2.04. The molecule has 2 rings (SSSR count). The number of piperidine rings is 1.